The zero-order chi connectivity index (χ0) is 12.6. The van der Waals surface area contributed by atoms with Gasteiger partial charge in [0.1, 0.15) is 0 Å². The molecule has 0 amide bonds. The average Bonchev–Trinajstić information content (AvgIpc) is 2.16. The molecule has 16 heavy (non-hydrogen) atoms. The minimum absolute atomic E-state index is 0.105. The number of sulfone groups is 1. The predicted molar refractivity (Wildman–Crippen MR) is 73.1 cm³/mol. The quantitative estimate of drug-likeness (QED) is 0.529. The molecule has 0 spiro atoms. The Morgan fingerprint density at radius 1 is 1.12 bits per heavy atom. The maximum Gasteiger partial charge on any atom is 0.239 e. The Bertz CT molecular complexity index is 500. The molecule has 1 aromatic rings. The lowest BCUT2D eigenvalue weighted by molar-refractivity contribution is 0.101. The molecule has 0 saturated carbocycles. The average molecular weight is 435 g/mol. The summed E-state index contributed by atoms with van der Waals surface area (Å²) in [4.78, 5) is 11.1. The first-order valence-electron chi connectivity index (χ1n) is 4.08. The molecule has 7 heteroatoms. The van der Waals surface area contributed by atoms with E-state index in [4.69, 9.17) is 0 Å². The van der Waals surface area contributed by atoms with E-state index in [-0.39, 0.29) is 10.7 Å². The molecule has 0 heterocycles. The molecule has 0 fully saturated rings. The first-order chi connectivity index (χ1) is 7.16. The van der Waals surface area contributed by atoms with Gasteiger partial charge in [-0.2, -0.15) is 0 Å². The number of benzene rings is 1. The highest BCUT2D eigenvalue weighted by Gasteiger charge is 2.37. The summed E-state index contributed by atoms with van der Waals surface area (Å²) < 4.78 is 22.4. The van der Waals surface area contributed by atoms with Crippen molar-refractivity contribution in [3.63, 3.8) is 0 Å². The maximum atomic E-state index is 11.9. The summed E-state index contributed by atoms with van der Waals surface area (Å²) in [6, 6.07) is 5.75. The van der Waals surface area contributed by atoms with Gasteiger partial charge in [0.05, 0.1) is 4.90 Å². The number of rotatable bonds is 2. The maximum absolute atomic E-state index is 11.9. The first kappa shape index (κ1) is 14.3. The number of hydrogen-bond donors (Lipinski definition) is 0. The molecule has 0 saturated heterocycles. The number of alkyl halides is 3. The molecule has 88 valence electrons. The van der Waals surface area contributed by atoms with Crippen molar-refractivity contribution in [1.29, 1.82) is 0 Å². The highest BCUT2D eigenvalue weighted by Crippen LogP contribution is 2.43. The van der Waals surface area contributed by atoms with Crippen LogP contribution >= 0.6 is 47.8 Å². The third-order valence-electron chi connectivity index (χ3n) is 1.88. The number of Topliss-reactive ketones (excluding diaryl/α,β-unsaturated/α-hetero) is 1. The first-order valence-corrected chi connectivity index (χ1v) is 7.95. The minimum Gasteiger partial charge on any atom is -0.295 e. The van der Waals surface area contributed by atoms with E-state index in [1.165, 1.54) is 31.2 Å². The van der Waals surface area contributed by atoms with E-state index in [1.807, 2.05) is 0 Å². The number of carbonyl (C=O) groups excluding carboxylic acids is 1. The lowest BCUT2D eigenvalue weighted by Gasteiger charge is -2.13. The van der Waals surface area contributed by atoms with Gasteiger partial charge in [0, 0.05) is 5.56 Å². The highest BCUT2D eigenvalue weighted by molar-refractivity contribution is 9.42. The van der Waals surface area contributed by atoms with Crippen molar-refractivity contribution in [2.45, 2.75) is 13.3 Å². The van der Waals surface area contributed by atoms with Gasteiger partial charge >= 0.3 is 0 Å². The molecule has 1 rings (SSSR count). The summed E-state index contributed by atoms with van der Waals surface area (Å²) >= 11 is 8.89. The lowest BCUT2D eigenvalue weighted by Crippen LogP contribution is -2.17. The van der Waals surface area contributed by atoms with E-state index in [9.17, 15) is 13.2 Å². The number of ketones is 1. The fourth-order valence-electron chi connectivity index (χ4n) is 1.00. The van der Waals surface area contributed by atoms with Crippen LogP contribution in [0.3, 0.4) is 0 Å². The summed E-state index contributed by atoms with van der Waals surface area (Å²) in [7, 11) is -3.58. The summed E-state index contributed by atoms with van der Waals surface area (Å²) in [5.41, 5.74) is 0.475. The molecule has 0 aliphatic rings. The number of carbonyl (C=O) groups is 1. The molecule has 0 bridgehead atoms. The van der Waals surface area contributed by atoms with E-state index in [1.54, 1.807) is 0 Å². The van der Waals surface area contributed by atoms with Crippen LogP contribution in [-0.4, -0.2) is 15.7 Å². The molecule has 0 atom stereocenters. The third kappa shape index (κ3) is 2.94. The minimum atomic E-state index is -3.58. The van der Waals surface area contributed by atoms with Gasteiger partial charge in [0.2, 0.25) is 11.3 Å². The molecule has 0 aliphatic heterocycles. The van der Waals surface area contributed by atoms with Crippen LogP contribution in [0.4, 0.5) is 0 Å². The second-order valence-corrected chi connectivity index (χ2v) is 13.5. The fraction of sp³-hybridized carbons (Fsp3) is 0.222. The van der Waals surface area contributed by atoms with Crippen molar-refractivity contribution in [1.82, 2.24) is 0 Å². The Kier molecular flexibility index (Phi) is 4.37. The SMILES string of the molecule is CC(=O)c1ccc(S(=O)(=O)C(Br)(Br)Br)cc1. The van der Waals surface area contributed by atoms with Crippen molar-refractivity contribution in [2.75, 3.05) is 0 Å². The number of hydrogen-bond acceptors (Lipinski definition) is 3. The second kappa shape index (κ2) is 4.88. The Morgan fingerprint density at radius 3 is 1.88 bits per heavy atom. The van der Waals surface area contributed by atoms with Crippen LogP contribution in [0.25, 0.3) is 0 Å². The standard InChI is InChI=1S/C9H7Br3O3S/c1-6(13)7-2-4-8(5-3-7)16(14,15)9(10,11)12/h2-5H,1H3. The largest absolute Gasteiger partial charge is 0.295 e. The molecule has 0 aliphatic carbocycles. The van der Waals surface area contributed by atoms with E-state index >= 15 is 0 Å². The van der Waals surface area contributed by atoms with Gasteiger partial charge in [0.15, 0.2) is 5.78 Å². The van der Waals surface area contributed by atoms with E-state index in [2.05, 4.69) is 47.8 Å². The van der Waals surface area contributed by atoms with Crippen LogP contribution in [0.1, 0.15) is 17.3 Å². The molecule has 1 aromatic carbocycles. The molecule has 0 unspecified atom stereocenters. The van der Waals surface area contributed by atoms with E-state index in [0.717, 1.165) is 0 Å². The van der Waals surface area contributed by atoms with Crippen LogP contribution in [0.5, 0.6) is 0 Å². The summed E-state index contributed by atoms with van der Waals surface area (Å²) in [5.74, 6) is -0.105. The van der Waals surface area contributed by atoms with Gasteiger partial charge in [-0.25, -0.2) is 8.42 Å². The Balaban J connectivity index is 3.23. The summed E-state index contributed by atoms with van der Waals surface area (Å²) in [5, 5.41) is 0. The molecule has 3 nitrogen and oxygen atoms in total. The lowest BCUT2D eigenvalue weighted by atomic mass is 10.2. The van der Waals surface area contributed by atoms with Gasteiger partial charge in [-0.3, -0.25) is 4.79 Å². The van der Waals surface area contributed by atoms with Gasteiger partial charge < -0.3 is 0 Å². The second-order valence-electron chi connectivity index (χ2n) is 3.03. The van der Waals surface area contributed by atoms with Crippen LogP contribution in [0.2, 0.25) is 0 Å². The van der Waals surface area contributed by atoms with Gasteiger partial charge in [0.25, 0.3) is 0 Å². The highest BCUT2D eigenvalue weighted by atomic mass is 80.0. The van der Waals surface area contributed by atoms with Gasteiger partial charge in [-0.1, -0.05) is 12.1 Å². The van der Waals surface area contributed by atoms with Crippen LogP contribution in [-0.2, 0) is 9.84 Å². The fourth-order valence-corrected chi connectivity index (χ4v) is 3.45. The van der Waals surface area contributed by atoms with Crippen molar-refractivity contribution >= 4 is 63.4 Å². The normalized spacial score (nSPS) is 12.5. The zero-order valence-electron chi connectivity index (χ0n) is 8.08. The Hall–Kier alpha value is 0.280. The summed E-state index contributed by atoms with van der Waals surface area (Å²) in [6.45, 7) is 1.42. The molecular formula is C9H7Br3O3S. The van der Waals surface area contributed by atoms with Gasteiger partial charge in [-0.15, -0.1) is 0 Å². The predicted octanol–water partition coefficient (Wildman–Crippen LogP) is 3.46. The van der Waals surface area contributed by atoms with Crippen molar-refractivity contribution < 1.29 is 13.2 Å². The van der Waals surface area contributed by atoms with Crippen molar-refractivity contribution in [3.8, 4) is 0 Å². The van der Waals surface area contributed by atoms with Crippen LogP contribution in [0, 0.1) is 0 Å². The van der Waals surface area contributed by atoms with Crippen LogP contribution in [0.15, 0.2) is 29.2 Å². The molecule has 0 N–H and O–H groups in total. The monoisotopic (exact) mass is 432 g/mol. The third-order valence-corrected chi connectivity index (χ3v) is 7.21. The number of halogens is 3. The topological polar surface area (TPSA) is 51.2 Å². The Labute approximate surface area is 119 Å². The molecular weight excluding hydrogens is 428 g/mol. The van der Waals surface area contributed by atoms with Crippen molar-refractivity contribution in [2.24, 2.45) is 0 Å². The zero-order valence-corrected chi connectivity index (χ0v) is 13.7. The van der Waals surface area contributed by atoms with E-state index in [0.29, 0.717) is 5.56 Å². The van der Waals surface area contributed by atoms with Crippen LogP contribution < -0.4 is 0 Å². The smallest absolute Gasteiger partial charge is 0.239 e. The van der Waals surface area contributed by atoms with E-state index < -0.39 is 11.3 Å². The van der Waals surface area contributed by atoms with Gasteiger partial charge in [-0.05, 0) is 66.8 Å². The van der Waals surface area contributed by atoms with Crippen molar-refractivity contribution in [3.05, 3.63) is 29.8 Å². The molecule has 0 radical (unpaired) electrons. The Morgan fingerprint density at radius 2 is 1.56 bits per heavy atom. The molecule has 0 aromatic heterocycles. The summed E-state index contributed by atoms with van der Waals surface area (Å²) in [6.07, 6.45) is 0.